The predicted octanol–water partition coefficient (Wildman–Crippen LogP) is 2.82. The lowest BCUT2D eigenvalue weighted by molar-refractivity contribution is 0.168. The Kier molecular flexibility index (Phi) is 3.62. The lowest BCUT2D eigenvalue weighted by Gasteiger charge is -2.08. The van der Waals surface area contributed by atoms with Crippen LogP contribution in [0.1, 0.15) is 16.8 Å². The second kappa shape index (κ2) is 5.56. The van der Waals surface area contributed by atoms with E-state index in [4.69, 9.17) is 0 Å². The Labute approximate surface area is 121 Å². The van der Waals surface area contributed by atoms with Crippen LogP contribution in [0.25, 0.3) is 11.3 Å². The van der Waals surface area contributed by atoms with Crippen LogP contribution < -0.4 is 0 Å². The molecule has 0 amide bonds. The third-order valence-corrected chi connectivity index (χ3v) is 4.06. The molecule has 0 saturated carbocycles. The summed E-state index contributed by atoms with van der Waals surface area (Å²) in [5, 5.41) is 17.3. The topological polar surface area (TPSA) is 50.9 Å². The van der Waals surface area contributed by atoms with Gasteiger partial charge in [0.1, 0.15) is 6.10 Å². The van der Waals surface area contributed by atoms with Gasteiger partial charge in [0.2, 0.25) is 0 Å². The van der Waals surface area contributed by atoms with Crippen molar-refractivity contribution >= 4 is 11.3 Å². The number of hydrogen-bond donors (Lipinski definition) is 1. The van der Waals surface area contributed by atoms with Gasteiger partial charge >= 0.3 is 0 Å². The summed E-state index contributed by atoms with van der Waals surface area (Å²) < 4.78 is 1.69. The average Bonchev–Trinajstić information content (AvgIpc) is 3.09. The van der Waals surface area contributed by atoms with E-state index in [1.54, 1.807) is 22.2 Å². The lowest BCUT2D eigenvalue weighted by Crippen LogP contribution is -2.07. The Hall–Kier alpha value is -1.98. The van der Waals surface area contributed by atoms with Crippen molar-refractivity contribution in [2.45, 2.75) is 12.5 Å². The van der Waals surface area contributed by atoms with Gasteiger partial charge in [0, 0.05) is 30.6 Å². The molecular formula is C15H15N3OS. The van der Waals surface area contributed by atoms with E-state index in [0.29, 0.717) is 6.42 Å². The van der Waals surface area contributed by atoms with Crippen LogP contribution in [0.4, 0.5) is 0 Å². The van der Waals surface area contributed by atoms with E-state index in [1.807, 2.05) is 48.8 Å². The van der Waals surface area contributed by atoms with E-state index in [2.05, 4.69) is 10.1 Å². The number of rotatable bonds is 4. The van der Waals surface area contributed by atoms with E-state index in [-0.39, 0.29) is 0 Å². The highest BCUT2D eigenvalue weighted by atomic mass is 32.1. The number of aryl methyl sites for hydroxylation is 1. The molecule has 4 nitrogen and oxygen atoms in total. The summed E-state index contributed by atoms with van der Waals surface area (Å²) in [6.07, 6.45) is 1.63. The highest BCUT2D eigenvalue weighted by molar-refractivity contribution is 7.09. The molecule has 1 aromatic carbocycles. The summed E-state index contributed by atoms with van der Waals surface area (Å²) in [7, 11) is 1.83. The smallest absolute Gasteiger partial charge is 0.102 e. The van der Waals surface area contributed by atoms with Crippen LogP contribution in [0, 0.1) is 0 Å². The lowest BCUT2D eigenvalue weighted by atomic mass is 10.2. The van der Waals surface area contributed by atoms with Gasteiger partial charge in [-0.1, -0.05) is 30.3 Å². The largest absolute Gasteiger partial charge is 0.386 e. The Morgan fingerprint density at radius 2 is 2.05 bits per heavy atom. The molecule has 0 aliphatic carbocycles. The first-order chi connectivity index (χ1) is 9.74. The molecule has 1 atom stereocenters. The minimum atomic E-state index is -0.572. The summed E-state index contributed by atoms with van der Waals surface area (Å²) in [6, 6.07) is 11.9. The van der Waals surface area contributed by atoms with Crippen molar-refractivity contribution < 1.29 is 5.11 Å². The number of nitrogens with zero attached hydrogens (tertiary/aromatic N) is 3. The van der Waals surface area contributed by atoms with Crippen molar-refractivity contribution in [2.75, 3.05) is 0 Å². The Morgan fingerprint density at radius 1 is 1.25 bits per heavy atom. The van der Waals surface area contributed by atoms with Gasteiger partial charge in [-0.2, -0.15) is 5.10 Å². The first-order valence-electron chi connectivity index (χ1n) is 6.40. The summed E-state index contributed by atoms with van der Waals surface area (Å²) in [5.74, 6) is 0. The van der Waals surface area contributed by atoms with Crippen molar-refractivity contribution in [1.82, 2.24) is 14.8 Å². The summed E-state index contributed by atoms with van der Waals surface area (Å²) in [5.41, 5.74) is 2.87. The van der Waals surface area contributed by atoms with Gasteiger partial charge < -0.3 is 5.11 Å². The molecule has 1 N–H and O–H groups in total. The van der Waals surface area contributed by atoms with Gasteiger partial charge in [-0.25, -0.2) is 4.98 Å². The summed E-state index contributed by atoms with van der Waals surface area (Å²) in [6.45, 7) is 0. The Morgan fingerprint density at radius 3 is 2.75 bits per heavy atom. The van der Waals surface area contributed by atoms with Gasteiger partial charge in [-0.05, 0) is 6.07 Å². The SMILES string of the molecule is Cn1nccc1C(O)Cc1nc(-c2ccccc2)cs1. The molecule has 0 aliphatic heterocycles. The van der Waals surface area contributed by atoms with E-state index in [0.717, 1.165) is 22.0 Å². The van der Waals surface area contributed by atoms with Gasteiger partial charge in [-0.15, -0.1) is 11.3 Å². The number of thiazole rings is 1. The van der Waals surface area contributed by atoms with Crippen LogP contribution in [0.15, 0.2) is 48.0 Å². The first-order valence-corrected chi connectivity index (χ1v) is 7.28. The van der Waals surface area contributed by atoms with Crippen LogP contribution in [-0.2, 0) is 13.5 Å². The number of aromatic nitrogens is 3. The number of benzene rings is 1. The quantitative estimate of drug-likeness (QED) is 0.802. The molecule has 0 spiro atoms. The number of aliphatic hydroxyl groups excluding tert-OH is 1. The highest BCUT2D eigenvalue weighted by Gasteiger charge is 2.14. The molecule has 1 unspecified atom stereocenters. The highest BCUT2D eigenvalue weighted by Crippen LogP contribution is 2.25. The second-order valence-corrected chi connectivity index (χ2v) is 5.53. The van der Waals surface area contributed by atoms with E-state index < -0.39 is 6.10 Å². The van der Waals surface area contributed by atoms with Gasteiger partial charge in [0.15, 0.2) is 0 Å². The zero-order valence-corrected chi connectivity index (χ0v) is 11.9. The molecule has 0 radical (unpaired) electrons. The maximum atomic E-state index is 10.2. The minimum Gasteiger partial charge on any atom is -0.386 e. The van der Waals surface area contributed by atoms with E-state index >= 15 is 0 Å². The van der Waals surface area contributed by atoms with Gasteiger partial charge in [0.05, 0.1) is 16.4 Å². The number of aliphatic hydroxyl groups is 1. The molecule has 0 aliphatic rings. The molecule has 2 heterocycles. The van der Waals surface area contributed by atoms with Crippen molar-refractivity contribution in [3.8, 4) is 11.3 Å². The van der Waals surface area contributed by atoms with Crippen LogP contribution in [-0.4, -0.2) is 19.9 Å². The van der Waals surface area contributed by atoms with Crippen molar-refractivity contribution in [3.63, 3.8) is 0 Å². The molecule has 3 rings (SSSR count). The molecule has 3 aromatic rings. The monoisotopic (exact) mass is 285 g/mol. The first kappa shape index (κ1) is 13.0. The Bertz CT molecular complexity index is 690. The molecule has 102 valence electrons. The summed E-state index contributed by atoms with van der Waals surface area (Å²) >= 11 is 1.58. The average molecular weight is 285 g/mol. The molecule has 20 heavy (non-hydrogen) atoms. The molecular weight excluding hydrogens is 270 g/mol. The maximum absolute atomic E-state index is 10.2. The number of hydrogen-bond acceptors (Lipinski definition) is 4. The van der Waals surface area contributed by atoms with Crippen molar-refractivity contribution in [2.24, 2.45) is 7.05 Å². The van der Waals surface area contributed by atoms with Crippen molar-refractivity contribution in [1.29, 1.82) is 0 Å². The normalized spacial score (nSPS) is 12.5. The van der Waals surface area contributed by atoms with Gasteiger partial charge in [-0.3, -0.25) is 4.68 Å². The van der Waals surface area contributed by atoms with Crippen LogP contribution in [0.2, 0.25) is 0 Å². The third-order valence-electron chi connectivity index (χ3n) is 3.19. The predicted molar refractivity (Wildman–Crippen MR) is 79.4 cm³/mol. The molecule has 5 heteroatoms. The second-order valence-electron chi connectivity index (χ2n) is 4.59. The fourth-order valence-electron chi connectivity index (χ4n) is 2.13. The molecule has 0 bridgehead atoms. The fraction of sp³-hybridized carbons (Fsp3) is 0.200. The maximum Gasteiger partial charge on any atom is 0.102 e. The molecule has 2 aromatic heterocycles. The zero-order valence-electron chi connectivity index (χ0n) is 11.1. The molecule has 0 fully saturated rings. The fourth-order valence-corrected chi connectivity index (χ4v) is 2.97. The zero-order chi connectivity index (χ0) is 13.9. The minimum absolute atomic E-state index is 0.511. The van der Waals surface area contributed by atoms with E-state index in [1.165, 1.54) is 0 Å². The summed E-state index contributed by atoms with van der Waals surface area (Å²) in [4.78, 5) is 4.59. The standard InChI is InChI=1S/C15H15N3OS/c1-18-13(7-8-16-18)14(19)9-15-17-12(10-20-15)11-5-3-2-4-6-11/h2-8,10,14,19H,9H2,1H3. The molecule has 0 saturated heterocycles. The van der Waals surface area contributed by atoms with Crippen LogP contribution >= 0.6 is 11.3 Å². The third kappa shape index (κ3) is 2.64. The van der Waals surface area contributed by atoms with Crippen LogP contribution in [0.3, 0.4) is 0 Å². The van der Waals surface area contributed by atoms with Crippen LogP contribution in [0.5, 0.6) is 0 Å². The van der Waals surface area contributed by atoms with Gasteiger partial charge in [0.25, 0.3) is 0 Å². The Balaban J connectivity index is 1.76. The van der Waals surface area contributed by atoms with Crippen molar-refractivity contribution in [3.05, 3.63) is 58.7 Å². The van der Waals surface area contributed by atoms with E-state index in [9.17, 15) is 5.11 Å².